The minimum atomic E-state index is -1.25. The average molecular weight is 696 g/mol. The molecule has 3 aliphatic rings. The molecule has 3 aliphatic heterocycles. The van der Waals surface area contributed by atoms with Crippen LogP contribution in [0.4, 0.5) is 0 Å². The number of hydrogen-bond acceptors (Lipinski definition) is 8. The zero-order chi connectivity index (χ0) is 36.4. The summed E-state index contributed by atoms with van der Waals surface area (Å²) in [5, 5.41) is 13.6. The van der Waals surface area contributed by atoms with Crippen LogP contribution in [0.15, 0.2) is 55.6 Å². The fraction of sp³-hybridized carbons (Fsp3) is 0.641. The van der Waals surface area contributed by atoms with Gasteiger partial charge in [-0.05, 0) is 43.6 Å². The summed E-state index contributed by atoms with van der Waals surface area (Å²) >= 11 is 0. The minimum absolute atomic E-state index is 0.0679. The van der Waals surface area contributed by atoms with Crippen molar-refractivity contribution in [3.05, 3.63) is 61.2 Å². The van der Waals surface area contributed by atoms with Gasteiger partial charge in [0.2, 0.25) is 17.7 Å². The van der Waals surface area contributed by atoms with Crippen LogP contribution in [-0.4, -0.2) is 102 Å². The smallest absolute Gasteiger partial charge is 0.313 e. The van der Waals surface area contributed by atoms with Crippen LogP contribution in [0.1, 0.15) is 83.8 Å². The Hall–Kier alpha value is -3.54. The highest BCUT2D eigenvalue weighted by atomic mass is 16.6. The molecule has 2 N–H and O–H groups in total. The molecular formula is C39H57N3O8. The molecule has 3 heterocycles. The molecule has 11 nitrogen and oxygen atoms in total. The van der Waals surface area contributed by atoms with Gasteiger partial charge in [0.25, 0.3) is 0 Å². The number of ether oxygens (including phenoxy) is 3. The lowest BCUT2D eigenvalue weighted by atomic mass is 9.70. The number of nitrogens with one attached hydrogen (secondary N) is 1. The van der Waals surface area contributed by atoms with Gasteiger partial charge in [-0.25, -0.2) is 0 Å². The molecular weight excluding hydrogens is 638 g/mol. The van der Waals surface area contributed by atoms with Crippen molar-refractivity contribution < 1.29 is 38.5 Å². The molecule has 50 heavy (non-hydrogen) atoms. The molecule has 1 aromatic rings. The van der Waals surface area contributed by atoms with Gasteiger partial charge in [-0.15, -0.1) is 13.2 Å². The number of rotatable bonds is 21. The Kier molecular flexibility index (Phi) is 14.2. The van der Waals surface area contributed by atoms with Gasteiger partial charge >= 0.3 is 5.97 Å². The number of amides is 3. The number of carbonyl (C=O) groups is 4. The van der Waals surface area contributed by atoms with Crippen LogP contribution in [0, 0.1) is 17.8 Å². The Labute approximate surface area is 297 Å². The van der Waals surface area contributed by atoms with Gasteiger partial charge < -0.3 is 34.4 Å². The highest BCUT2D eigenvalue weighted by molar-refractivity contribution is 5.98. The summed E-state index contributed by atoms with van der Waals surface area (Å²) in [5.74, 6) is -3.31. The van der Waals surface area contributed by atoms with Crippen LogP contribution in [0.2, 0.25) is 0 Å². The lowest BCUT2D eigenvalue weighted by Crippen LogP contribution is -2.59. The third-order valence-electron chi connectivity index (χ3n) is 10.3. The van der Waals surface area contributed by atoms with Crippen molar-refractivity contribution >= 4 is 23.7 Å². The van der Waals surface area contributed by atoms with Gasteiger partial charge in [-0.2, -0.15) is 0 Å². The molecule has 4 rings (SSSR count). The largest absolute Gasteiger partial charge is 0.455 e. The van der Waals surface area contributed by atoms with Crippen molar-refractivity contribution in [3.63, 3.8) is 0 Å². The summed E-state index contributed by atoms with van der Waals surface area (Å²) in [7, 11) is 1.51. The maximum Gasteiger partial charge on any atom is 0.313 e. The molecule has 0 unspecified atom stereocenters. The molecule has 1 aromatic carbocycles. The van der Waals surface area contributed by atoms with E-state index in [0.717, 1.165) is 19.3 Å². The highest BCUT2D eigenvalue weighted by Gasteiger charge is 2.75. The fourth-order valence-electron chi connectivity index (χ4n) is 8.15. The fourth-order valence-corrected chi connectivity index (χ4v) is 8.15. The van der Waals surface area contributed by atoms with E-state index in [1.165, 1.54) is 12.0 Å². The Bertz CT molecular complexity index is 1340. The summed E-state index contributed by atoms with van der Waals surface area (Å²) in [6.07, 6.45) is 6.60. The van der Waals surface area contributed by atoms with Crippen molar-refractivity contribution in [2.24, 2.45) is 17.8 Å². The third-order valence-corrected chi connectivity index (χ3v) is 10.3. The second kappa shape index (κ2) is 18.1. The number of carbonyl (C=O) groups excluding carboxylic acids is 4. The van der Waals surface area contributed by atoms with E-state index < -0.39 is 53.7 Å². The lowest BCUT2D eigenvalue weighted by molar-refractivity contribution is -0.163. The Balaban J connectivity index is 1.72. The van der Waals surface area contributed by atoms with E-state index in [2.05, 4.69) is 25.4 Å². The first-order chi connectivity index (χ1) is 24.1. The topological polar surface area (TPSA) is 135 Å². The Morgan fingerprint density at radius 1 is 1.18 bits per heavy atom. The van der Waals surface area contributed by atoms with Crippen molar-refractivity contribution in [1.82, 2.24) is 15.1 Å². The zero-order valence-corrected chi connectivity index (χ0v) is 30.3. The predicted molar refractivity (Wildman–Crippen MR) is 190 cm³/mol. The van der Waals surface area contributed by atoms with Crippen LogP contribution < -0.4 is 5.32 Å². The summed E-state index contributed by atoms with van der Waals surface area (Å²) in [5.41, 5.74) is -0.591. The van der Waals surface area contributed by atoms with E-state index in [0.29, 0.717) is 44.3 Å². The first-order valence-corrected chi connectivity index (χ1v) is 18.2. The van der Waals surface area contributed by atoms with Crippen LogP contribution in [0.3, 0.4) is 0 Å². The normalized spacial score (nSPS) is 25.6. The first-order valence-electron chi connectivity index (χ1n) is 18.2. The van der Waals surface area contributed by atoms with Crippen molar-refractivity contribution in [2.45, 2.75) is 108 Å². The molecule has 0 radical (unpaired) electrons. The van der Waals surface area contributed by atoms with E-state index in [9.17, 15) is 24.3 Å². The van der Waals surface area contributed by atoms with Gasteiger partial charge in [-0.3, -0.25) is 19.2 Å². The minimum Gasteiger partial charge on any atom is -0.455 e. The molecule has 3 amide bonds. The van der Waals surface area contributed by atoms with Crippen LogP contribution in [0.5, 0.6) is 0 Å². The molecule has 0 aromatic heterocycles. The lowest BCUT2D eigenvalue weighted by Gasteiger charge is -2.39. The zero-order valence-electron chi connectivity index (χ0n) is 30.3. The second-order valence-corrected chi connectivity index (χ2v) is 14.3. The molecule has 0 saturated carbocycles. The molecule has 0 aliphatic carbocycles. The third kappa shape index (κ3) is 8.32. The second-order valence-electron chi connectivity index (χ2n) is 14.3. The molecule has 276 valence electrons. The van der Waals surface area contributed by atoms with Gasteiger partial charge in [0, 0.05) is 26.6 Å². The molecule has 3 saturated heterocycles. The average Bonchev–Trinajstić information content (AvgIpc) is 3.75. The number of nitrogens with zero attached hydrogens (tertiary/aromatic N) is 2. The van der Waals surface area contributed by atoms with Gasteiger partial charge in [0.1, 0.15) is 17.7 Å². The van der Waals surface area contributed by atoms with E-state index in [4.69, 9.17) is 14.2 Å². The van der Waals surface area contributed by atoms with Crippen molar-refractivity contribution in [2.75, 3.05) is 33.4 Å². The Morgan fingerprint density at radius 3 is 2.54 bits per heavy atom. The number of benzene rings is 1. The summed E-state index contributed by atoms with van der Waals surface area (Å²) in [6, 6.07) is 6.77. The van der Waals surface area contributed by atoms with Gasteiger partial charge in [0.05, 0.1) is 43.2 Å². The number of methoxy groups -OCH3 is 1. The van der Waals surface area contributed by atoms with Crippen LogP contribution >= 0.6 is 0 Å². The van der Waals surface area contributed by atoms with Crippen molar-refractivity contribution in [3.8, 4) is 0 Å². The Morgan fingerprint density at radius 2 is 1.92 bits per heavy atom. The highest BCUT2D eigenvalue weighted by Crippen LogP contribution is 2.59. The van der Waals surface area contributed by atoms with Crippen LogP contribution in [0.25, 0.3) is 0 Å². The number of likely N-dealkylation sites (tertiary alicyclic amines) is 1. The molecule has 8 atom stereocenters. The molecule has 11 heteroatoms. The maximum absolute atomic E-state index is 14.7. The standard InChI is InChI=1S/C39H57N3O8/c1-7-10-15-22-41(21-9-3)37(46)35-39-20-19-30(50-39)32(33(39)36(45)42(35)28(24-43)23-26(4)5)38(47)49-34(27-16-13-12-14-17-27)29(25-48-6)40-31(44)18-11-8-2/h8-9,12-14,16-17,26,28-30,32-35,43H,2-3,7,10-11,15,18-25H2,1,4-6H3,(H,40,44)/t28-,29-,30+,32-,33-,34-,35+,39-/m1/s1. The summed E-state index contributed by atoms with van der Waals surface area (Å²) < 4.78 is 18.5. The number of aliphatic hydroxyl groups excluding tert-OH is 1. The SMILES string of the molecule is C=CCCC(=O)N[C@H](COC)[C@H](OC(=O)[C@@H]1[C@@H]2CC[C@]3(O2)[C@H](C(=O)N(CC=C)CCCCC)N([C@@H](CO)CC(C)C)C(=O)[C@@H]13)c1ccccc1. The number of aliphatic hydroxyl groups is 1. The van der Waals surface area contributed by atoms with Crippen molar-refractivity contribution in [1.29, 1.82) is 0 Å². The predicted octanol–water partition coefficient (Wildman–Crippen LogP) is 4.35. The van der Waals surface area contributed by atoms with E-state index in [-0.39, 0.29) is 43.3 Å². The number of esters is 1. The quantitative estimate of drug-likeness (QED) is 0.110. The van der Waals surface area contributed by atoms with Crippen LogP contribution in [-0.2, 0) is 33.4 Å². The number of unbranched alkanes of at least 4 members (excludes halogenated alkanes) is 2. The number of hydrogen-bond donors (Lipinski definition) is 2. The number of fused-ring (bicyclic) bond motifs is 1. The summed E-state index contributed by atoms with van der Waals surface area (Å²) in [4.78, 5) is 60.0. The monoisotopic (exact) mass is 695 g/mol. The summed E-state index contributed by atoms with van der Waals surface area (Å²) in [6.45, 7) is 14.2. The molecule has 2 bridgehead atoms. The first kappa shape index (κ1) is 39.2. The van der Waals surface area contributed by atoms with E-state index >= 15 is 0 Å². The maximum atomic E-state index is 14.7. The van der Waals surface area contributed by atoms with E-state index in [1.807, 2.05) is 44.2 Å². The molecule has 1 spiro atoms. The number of allylic oxidation sites excluding steroid dienone is 1. The van der Waals surface area contributed by atoms with Gasteiger partial charge in [0.15, 0.2) is 0 Å². The molecule has 3 fully saturated rings. The van der Waals surface area contributed by atoms with Gasteiger partial charge in [-0.1, -0.05) is 76.1 Å². The van der Waals surface area contributed by atoms with E-state index in [1.54, 1.807) is 17.1 Å².